The molecule has 0 bridgehead atoms. The lowest BCUT2D eigenvalue weighted by molar-refractivity contribution is 0.102. The molecule has 0 aliphatic carbocycles. The lowest BCUT2D eigenvalue weighted by Crippen LogP contribution is -2.43. The molecular formula is C22H29N3O. The number of rotatable bonds is 5. The lowest BCUT2D eigenvalue weighted by atomic mass is 10.0. The number of nitrogens with zero attached hydrogens (tertiary/aromatic N) is 2. The van der Waals surface area contributed by atoms with Gasteiger partial charge in [0, 0.05) is 44.0 Å². The third kappa shape index (κ3) is 4.71. The molecule has 1 fully saturated rings. The monoisotopic (exact) mass is 351 g/mol. The smallest absolute Gasteiger partial charge is 0.255 e. The van der Waals surface area contributed by atoms with Crippen LogP contribution in [0.5, 0.6) is 0 Å². The highest BCUT2D eigenvalue weighted by atomic mass is 16.1. The maximum absolute atomic E-state index is 12.6. The molecule has 2 aromatic rings. The third-order valence-corrected chi connectivity index (χ3v) is 5.05. The molecule has 1 saturated heterocycles. The van der Waals surface area contributed by atoms with Crippen LogP contribution in [0.25, 0.3) is 0 Å². The van der Waals surface area contributed by atoms with E-state index in [0.29, 0.717) is 11.5 Å². The van der Waals surface area contributed by atoms with Gasteiger partial charge in [-0.05, 0) is 42.3 Å². The van der Waals surface area contributed by atoms with Crippen molar-refractivity contribution in [1.29, 1.82) is 0 Å². The molecule has 26 heavy (non-hydrogen) atoms. The maximum Gasteiger partial charge on any atom is 0.255 e. The molecule has 4 heteroatoms. The second-order valence-corrected chi connectivity index (χ2v) is 7.47. The van der Waals surface area contributed by atoms with Crippen LogP contribution in [0.3, 0.4) is 0 Å². The third-order valence-electron chi connectivity index (χ3n) is 5.05. The number of nitrogens with one attached hydrogen (secondary N) is 1. The molecule has 1 aliphatic heterocycles. The van der Waals surface area contributed by atoms with Gasteiger partial charge in [0.25, 0.3) is 5.91 Å². The van der Waals surface area contributed by atoms with Crippen molar-refractivity contribution >= 4 is 11.6 Å². The van der Waals surface area contributed by atoms with Crippen LogP contribution in [0.2, 0.25) is 0 Å². The molecule has 1 N–H and O–H groups in total. The molecule has 3 rings (SSSR count). The minimum Gasteiger partial charge on any atom is -0.322 e. The number of carbonyl (C=O) groups is 1. The number of carbonyl (C=O) groups excluding carboxylic acids is 1. The molecule has 0 aromatic heterocycles. The molecule has 1 aliphatic rings. The van der Waals surface area contributed by atoms with Crippen molar-refractivity contribution in [1.82, 2.24) is 9.80 Å². The predicted octanol–water partition coefficient (Wildman–Crippen LogP) is 3.81. The first-order valence-electron chi connectivity index (χ1n) is 9.43. The van der Waals surface area contributed by atoms with Crippen LogP contribution in [-0.2, 0) is 6.54 Å². The fraction of sp³-hybridized carbons (Fsp3) is 0.409. The molecule has 0 spiro atoms. The van der Waals surface area contributed by atoms with Gasteiger partial charge in [-0.25, -0.2) is 0 Å². The van der Waals surface area contributed by atoms with Crippen LogP contribution < -0.4 is 5.32 Å². The number of anilines is 1. The standard InChI is InChI=1S/C22H29N3O/c1-17(2)20-6-4-5-7-21(20)23-22(26)19-10-8-18(9-11-19)16-25-14-12-24(3)13-15-25/h4-11,17H,12-16H2,1-3H3,(H,23,26). The van der Waals surface area contributed by atoms with Gasteiger partial charge in [-0.15, -0.1) is 0 Å². The van der Waals surface area contributed by atoms with Gasteiger partial charge in [0.1, 0.15) is 0 Å². The number of amides is 1. The average Bonchev–Trinajstić information content (AvgIpc) is 2.64. The summed E-state index contributed by atoms with van der Waals surface area (Å²) in [4.78, 5) is 17.4. The highest BCUT2D eigenvalue weighted by molar-refractivity contribution is 6.04. The first kappa shape index (κ1) is 18.6. The molecule has 0 saturated carbocycles. The Bertz CT molecular complexity index is 731. The average molecular weight is 351 g/mol. The number of benzene rings is 2. The van der Waals surface area contributed by atoms with Gasteiger partial charge < -0.3 is 10.2 Å². The Morgan fingerprint density at radius 3 is 2.31 bits per heavy atom. The second-order valence-electron chi connectivity index (χ2n) is 7.47. The zero-order valence-electron chi connectivity index (χ0n) is 16.0. The predicted molar refractivity (Wildman–Crippen MR) is 108 cm³/mol. The van der Waals surface area contributed by atoms with Crippen molar-refractivity contribution in [2.45, 2.75) is 26.3 Å². The largest absolute Gasteiger partial charge is 0.322 e. The Morgan fingerprint density at radius 2 is 1.65 bits per heavy atom. The summed E-state index contributed by atoms with van der Waals surface area (Å²) in [6, 6.07) is 16.0. The van der Waals surface area contributed by atoms with Crippen LogP contribution in [0.1, 0.15) is 41.3 Å². The zero-order valence-corrected chi connectivity index (χ0v) is 16.0. The van der Waals surface area contributed by atoms with E-state index < -0.39 is 0 Å². The Hall–Kier alpha value is -2.17. The second kappa shape index (κ2) is 8.47. The van der Waals surface area contributed by atoms with Crippen LogP contribution in [0.15, 0.2) is 48.5 Å². The molecule has 138 valence electrons. The van der Waals surface area contributed by atoms with E-state index in [-0.39, 0.29) is 5.91 Å². The van der Waals surface area contributed by atoms with E-state index in [9.17, 15) is 4.79 Å². The van der Waals surface area contributed by atoms with Gasteiger partial charge >= 0.3 is 0 Å². The Balaban J connectivity index is 1.62. The summed E-state index contributed by atoms with van der Waals surface area (Å²) in [5, 5.41) is 3.06. The minimum absolute atomic E-state index is 0.0516. The van der Waals surface area contributed by atoms with E-state index in [2.05, 4.69) is 54.2 Å². The quantitative estimate of drug-likeness (QED) is 0.890. The first-order valence-corrected chi connectivity index (χ1v) is 9.43. The van der Waals surface area contributed by atoms with E-state index in [1.165, 1.54) is 5.56 Å². The van der Waals surface area contributed by atoms with Crippen molar-refractivity contribution in [2.75, 3.05) is 38.5 Å². The van der Waals surface area contributed by atoms with Crippen molar-refractivity contribution < 1.29 is 4.79 Å². The molecule has 2 aromatic carbocycles. The number of piperazine rings is 1. The van der Waals surface area contributed by atoms with Crippen molar-refractivity contribution in [3.63, 3.8) is 0 Å². The van der Waals surface area contributed by atoms with Crippen LogP contribution in [0, 0.1) is 0 Å². The summed E-state index contributed by atoms with van der Waals surface area (Å²) < 4.78 is 0. The van der Waals surface area contributed by atoms with Crippen LogP contribution in [0.4, 0.5) is 5.69 Å². The van der Waals surface area contributed by atoms with E-state index in [0.717, 1.165) is 44.0 Å². The van der Waals surface area contributed by atoms with Crippen molar-refractivity contribution in [3.8, 4) is 0 Å². The normalized spacial score (nSPS) is 16.0. The molecule has 0 radical (unpaired) electrons. The van der Waals surface area contributed by atoms with Crippen LogP contribution in [-0.4, -0.2) is 48.9 Å². The summed E-state index contributed by atoms with van der Waals surface area (Å²) in [5.41, 5.74) is 4.01. The van der Waals surface area contributed by atoms with Crippen molar-refractivity contribution in [3.05, 3.63) is 65.2 Å². The molecule has 1 amide bonds. The topological polar surface area (TPSA) is 35.6 Å². The number of likely N-dealkylation sites (N-methyl/N-ethyl adjacent to an activating group) is 1. The highest BCUT2D eigenvalue weighted by Crippen LogP contribution is 2.24. The highest BCUT2D eigenvalue weighted by Gasteiger charge is 2.14. The number of hydrogen-bond acceptors (Lipinski definition) is 3. The van der Waals surface area contributed by atoms with Crippen molar-refractivity contribution in [2.24, 2.45) is 0 Å². The number of hydrogen-bond donors (Lipinski definition) is 1. The maximum atomic E-state index is 12.6. The first-order chi connectivity index (χ1) is 12.5. The van der Waals surface area contributed by atoms with Gasteiger partial charge in [0.05, 0.1) is 0 Å². The summed E-state index contributed by atoms with van der Waals surface area (Å²) in [5.74, 6) is 0.321. The van der Waals surface area contributed by atoms with Crippen LogP contribution >= 0.6 is 0 Å². The molecular weight excluding hydrogens is 322 g/mol. The fourth-order valence-electron chi connectivity index (χ4n) is 3.33. The Morgan fingerprint density at radius 1 is 1.00 bits per heavy atom. The summed E-state index contributed by atoms with van der Waals surface area (Å²) in [6.45, 7) is 9.67. The van der Waals surface area contributed by atoms with E-state index in [1.54, 1.807) is 0 Å². The summed E-state index contributed by atoms with van der Waals surface area (Å²) in [7, 11) is 2.17. The SMILES string of the molecule is CC(C)c1ccccc1NC(=O)c1ccc(CN2CCN(C)CC2)cc1. The fourth-order valence-corrected chi connectivity index (χ4v) is 3.33. The summed E-state index contributed by atoms with van der Waals surface area (Å²) >= 11 is 0. The number of para-hydroxylation sites is 1. The van der Waals surface area contributed by atoms with Gasteiger partial charge in [0.15, 0.2) is 0 Å². The van der Waals surface area contributed by atoms with E-state index in [1.807, 2.05) is 30.3 Å². The molecule has 0 unspecified atom stereocenters. The van der Waals surface area contributed by atoms with Gasteiger partial charge in [-0.1, -0.05) is 44.2 Å². The van der Waals surface area contributed by atoms with E-state index in [4.69, 9.17) is 0 Å². The molecule has 0 atom stereocenters. The molecule has 1 heterocycles. The lowest BCUT2D eigenvalue weighted by Gasteiger charge is -2.32. The molecule has 4 nitrogen and oxygen atoms in total. The zero-order chi connectivity index (χ0) is 18.5. The summed E-state index contributed by atoms with van der Waals surface area (Å²) in [6.07, 6.45) is 0. The Labute approximate surface area is 156 Å². The van der Waals surface area contributed by atoms with Gasteiger partial charge in [-0.3, -0.25) is 9.69 Å². The van der Waals surface area contributed by atoms with Gasteiger partial charge in [-0.2, -0.15) is 0 Å². The Kier molecular flexibility index (Phi) is 6.07. The van der Waals surface area contributed by atoms with Gasteiger partial charge in [0.2, 0.25) is 0 Å². The minimum atomic E-state index is -0.0516. The van der Waals surface area contributed by atoms with E-state index >= 15 is 0 Å².